The Bertz CT molecular complexity index is 596. The molecule has 21 heavy (non-hydrogen) atoms. The van der Waals surface area contributed by atoms with Crippen LogP contribution in [0.15, 0.2) is 10.9 Å². The molecule has 2 aromatic heterocycles. The first kappa shape index (κ1) is 15.1. The fourth-order valence-corrected chi connectivity index (χ4v) is 2.67. The number of nitrogens with one attached hydrogen (secondary N) is 2. The predicted octanol–water partition coefficient (Wildman–Crippen LogP) is 1.47. The summed E-state index contributed by atoms with van der Waals surface area (Å²) in [6, 6.07) is 0. The van der Waals surface area contributed by atoms with Crippen LogP contribution in [0, 0.1) is 0 Å². The summed E-state index contributed by atoms with van der Waals surface area (Å²) in [4.78, 5) is 16.4. The van der Waals surface area contributed by atoms with Crippen molar-refractivity contribution in [2.24, 2.45) is 0 Å². The Morgan fingerprint density at radius 2 is 2.38 bits per heavy atom. The van der Waals surface area contributed by atoms with Crippen molar-refractivity contribution in [3.63, 3.8) is 0 Å². The van der Waals surface area contributed by atoms with Gasteiger partial charge in [-0.05, 0) is 6.42 Å². The molecule has 1 amide bonds. The van der Waals surface area contributed by atoms with Crippen molar-refractivity contribution >= 4 is 27.9 Å². The number of hydrogen-bond donors (Lipinski definition) is 3. The number of aromatic nitrogens is 2. The van der Waals surface area contributed by atoms with Crippen molar-refractivity contribution in [2.75, 3.05) is 24.7 Å². The van der Waals surface area contributed by atoms with E-state index in [0.29, 0.717) is 40.2 Å². The second-order valence-corrected chi connectivity index (χ2v) is 5.18. The number of anilines is 2. The molecule has 0 atom stereocenters. The van der Waals surface area contributed by atoms with Gasteiger partial charge in [0, 0.05) is 6.54 Å². The Morgan fingerprint density at radius 3 is 3.00 bits per heavy atom. The quantitative estimate of drug-likeness (QED) is 0.709. The molecular weight excluding hydrogens is 294 g/mol. The Balaban J connectivity index is 2.15. The van der Waals surface area contributed by atoms with Crippen LogP contribution in [0.1, 0.15) is 28.8 Å². The summed E-state index contributed by atoms with van der Waals surface area (Å²) in [5, 5.41) is 10.2. The third-order valence-electron chi connectivity index (χ3n) is 2.66. The number of amides is 1. The van der Waals surface area contributed by atoms with E-state index in [2.05, 4.69) is 25.3 Å². The summed E-state index contributed by atoms with van der Waals surface area (Å²) in [5.41, 5.74) is 6.30. The average Bonchev–Trinajstić information content (AvgIpc) is 3.10. The highest BCUT2D eigenvalue weighted by molar-refractivity contribution is 7.19. The highest BCUT2D eigenvalue weighted by Crippen LogP contribution is 2.42. The number of hydrogen-bond acceptors (Lipinski definition) is 8. The van der Waals surface area contributed by atoms with Crippen molar-refractivity contribution < 1.29 is 14.1 Å². The molecule has 0 spiro atoms. The van der Waals surface area contributed by atoms with Crippen LogP contribution in [0.25, 0.3) is 0 Å². The fourth-order valence-electron chi connectivity index (χ4n) is 1.66. The molecule has 0 aliphatic rings. The SMILES string of the molecule is CCCNC(=O)c1sc(NCc2ncon2)c(OC)c1N. The van der Waals surface area contributed by atoms with Crippen LogP contribution in [0.3, 0.4) is 0 Å². The molecule has 0 saturated carbocycles. The minimum Gasteiger partial charge on any atom is -0.492 e. The summed E-state index contributed by atoms with van der Waals surface area (Å²) in [5.74, 6) is 0.747. The zero-order valence-electron chi connectivity index (χ0n) is 11.8. The molecule has 0 bridgehead atoms. The topological polar surface area (TPSA) is 115 Å². The van der Waals surface area contributed by atoms with Crippen molar-refractivity contribution in [1.29, 1.82) is 0 Å². The zero-order valence-corrected chi connectivity index (χ0v) is 12.6. The summed E-state index contributed by atoms with van der Waals surface area (Å²) in [7, 11) is 1.51. The number of nitrogens with two attached hydrogens (primary N) is 1. The van der Waals surface area contributed by atoms with E-state index in [9.17, 15) is 4.79 Å². The van der Waals surface area contributed by atoms with Gasteiger partial charge in [0.1, 0.15) is 15.6 Å². The maximum atomic E-state index is 12.0. The number of carbonyl (C=O) groups excluding carboxylic acids is 1. The number of nitrogen functional groups attached to an aromatic ring is 1. The van der Waals surface area contributed by atoms with E-state index in [4.69, 9.17) is 10.5 Å². The first-order chi connectivity index (χ1) is 10.2. The van der Waals surface area contributed by atoms with Gasteiger partial charge >= 0.3 is 0 Å². The number of methoxy groups -OCH3 is 1. The lowest BCUT2D eigenvalue weighted by molar-refractivity contribution is 0.0958. The van der Waals surface area contributed by atoms with Crippen molar-refractivity contribution in [3.8, 4) is 5.75 Å². The third-order valence-corrected chi connectivity index (χ3v) is 3.80. The van der Waals surface area contributed by atoms with Gasteiger partial charge in [0.2, 0.25) is 6.39 Å². The minimum atomic E-state index is -0.203. The molecule has 0 aromatic carbocycles. The lowest BCUT2D eigenvalue weighted by atomic mass is 10.3. The van der Waals surface area contributed by atoms with Gasteiger partial charge in [-0.2, -0.15) is 4.98 Å². The Labute approximate surface area is 125 Å². The molecule has 2 aromatic rings. The number of rotatable bonds is 7. The Hall–Kier alpha value is -2.29. The van der Waals surface area contributed by atoms with Gasteiger partial charge in [0.25, 0.3) is 5.91 Å². The van der Waals surface area contributed by atoms with Crippen LogP contribution in [-0.2, 0) is 6.54 Å². The van der Waals surface area contributed by atoms with E-state index in [-0.39, 0.29) is 5.91 Å². The Morgan fingerprint density at radius 1 is 1.57 bits per heavy atom. The number of carbonyl (C=O) groups is 1. The first-order valence-electron chi connectivity index (χ1n) is 6.40. The van der Waals surface area contributed by atoms with Crippen LogP contribution < -0.4 is 21.1 Å². The average molecular weight is 311 g/mol. The van der Waals surface area contributed by atoms with Gasteiger partial charge < -0.3 is 25.6 Å². The molecule has 0 unspecified atom stereocenters. The van der Waals surface area contributed by atoms with Gasteiger partial charge in [0.05, 0.1) is 13.7 Å². The molecule has 0 saturated heterocycles. The number of nitrogens with zero attached hydrogens (tertiary/aromatic N) is 2. The third kappa shape index (κ3) is 3.43. The maximum Gasteiger partial charge on any atom is 0.263 e. The van der Waals surface area contributed by atoms with Crippen LogP contribution >= 0.6 is 11.3 Å². The predicted molar refractivity (Wildman–Crippen MR) is 79.5 cm³/mol. The van der Waals surface area contributed by atoms with E-state index in [1.807, 2.05) is 6.92 Å². The highest BCUT2D eigenvalue weighted by atomic mass is 32.1. The summed E-state index contributed by atoms with van der Waals surface area (Å²) in [6.07, 6.45) is 2.11. The van der Waals surface area contributed by atoms with Gasteiger partial charge in [-0.15, -0.1) is 11.3 Å². The normalized spacial score (nSPS) is 10.4. The van der Waals surface area contributed by atoms with Crippen LogP contribution in [0.5, 0.6) is 5.75 Å². The molecule has 2 heterocycles. The molecule has 8 nitrogen and oxygen atoms in total. The lowest BCUT2D eigenvalue weighted by Gasteiger charge is -2.04. The van der Waals surface area contributed by atoms with Crippen molar-refractivity contribution in [1.82, 2.24) is 15.5 Å². The van der Waals surface area contributed by atoms with E-state index in [1.54, 1.807) is 0 Å². The maximum absolute atomic E-state index is 12.0. The van der Waals surface area contributed by atoms with E-state index >= 15 is 0 Å². The van der Waals surface area contributed by atoms with E-state index < -0.39 is 0 Å². The second kappa shape index (κ2) is 6.93. The molecule has 4 N–H and O–H groups in total. The van der Waals surface area contributed by atoms with Gasteiger partial charge in [-0.25, -0.2) is 0 Å². The van der Waals surface area contributed by atoms with Gasteiger partial charge in [-0.1, -0.05) is 12.1 Å². The molecule has 114 valence electrons. The van der Waals surface area contributed by atoms with Gasteiger partial charge in [-0.3, -0.25) is 4.79 Å². The number of thiophene rings is 1. The van der Waals surface area contributed by atoms with Crippen LogP contribution in [0.4, 0.5) is 10.7 Å². The first-order valence-corrected chi connectivity index (χ1v) is 7.22. The van der Waals surface area contributed by atoms with E-state index in [0.717, 1.165) is 6.42 Å². The smallest absolute Gasteiger partial charge is 0.263 e. The second-order valence-electron chi connectivity index (χ2n) is 4.16. The van der Waals surface area contributed by atoms with E-state index in [1.165, 1.54) is 24.8 Å². The van der Waals surface area contributed by atoms with Crippen LogP contribution in [0.2, 0.25) is 0 Å². The largest absolute Gasteiger partial charge is 0.492 e. The lowest BCUT2D eigenvalue weighted by Crippen LogP contribution is -2.23. The summed E-state index contributed by atoms with van der Waals surface area (Å²) >= 11 is 1.23. The monoisotopic (exact) mass is 311 g/mol. The highest BCUT2D eigenvalue weighted by Gasteiger charge is 2.21. The molecule has 9 heteroatoms. The molecule has 0 aliphatic heterocycles. The summed E-state index contributed by atoms with van der Waals surface area (Å²) in [6.45, 7) is 2.93. The van der Waals surface area contributed by atoms with Crippen molar-refractivity contribution in [3.05, 3.63) is 17.1 Å². The fraction of sp³-hybridized carbons (Fsp3) is 0.417. The van der Waals surface area contributed by atoms with Crippen LogP contribution in [-0.4, -0.2) is 29.7 Å². The zero-order chi connectivity index (χ0) is 15.2. The molecule has 2 rings (SSSR count). The van der Waals surface area contributed by atoms with Crippen molar-refractivity contribution in [2.45, 2.75) is 19.9 Å². The minimum absolute atomic E-state index is 0.203. The standard InChI is InChI=1S/C12H17N5O3S/c1-3-4-14-11(18)10-8(13)9(19-2)12(21-10)15-5-7-16-6-20-17-7/h6,15H,3-5,13H2,1-2H3,(H,14,18). The molecule has 0 fully saturated rings. The van der Waals surface area contributed by atoms with Gasteiger partial charge in [0.15, 0.2) is 11.6 Å². The molecular formula is C12H17N5O3S. The molecule has 0 aliphatic carbocycles. The number of ether oxygens (including phenoxy) is 1. The summed E-state index contributed by atoms with van der Waals surface area (Å²) < 4.78 is 9.91. The Kier molecular flexibility index (Phi) is 4.99. The molecule has 0 radical (unpaired) electrons.